The fourth-order valence-corrected chi connectivity index (χ4v) is 4.37. The Hall–Kier alpha value is -3.89. The Bertz CT molecular complexity index is 1290. The average Bonchev–Trinajstić information content (AvgIpc) is 3.16. The molecular weight excluding hydrogens is 474 g/mol. The molecular formula is C26H35N7O4. The van der Waals surface area contributed by atoms with E-state index in [0.29, 0.717) is 49.2 Å². The molecule has 2 aromatic heterocycles. The van der Waals surface area contributed by atoms with Gasteiger partial charge in [0.1, 0.15) is 17.2 Å². The molecule has 0 unspecified atom stereocenters. The van der Waals surface area contributed by atoms with E-state index in [-0.39, 0.29) is 12.0 Å². The number of anilines is 2. The molecule has 3 heterocycles. The average molecular weight is 510 g/mol. The number of rotatable bonds is 5. The second-order valence-corrected chi connectivity index (χ2v) is 10.7. The maximum atomic E-state index is 13.1. The highest BCUT2D eigenvalue weighted by Gasteiger charge is 2.39. The molecule has 2 amide bonds. The van der Waals surface area contributed by atoms with E-state index in [2.05, 4.69) is 25.3 Å². The second kappa shape index (κ2) is 9.87. The number of nitrogens with one attached hydrogen (secondary N) is 1. The molecule has 1 aromatic carbocycles. The van der Waals surface area contributed by atoms with Gasteiger partial charge in [-0.05, 0) is 47.6 Å². The van der Waals surface area contributed by atoms with Crippen molar-refractivity contribution in [2.75, 3.05) is 36.5 Å². The number of hydrogen-bond donors (Lipinski definition) is 1. The molecule has 0 saturated carbocycles. The van der Waals surface area contributed by atoms with E-state index in [0.717, 1.165) is 10.9 Å². The number of carbonyl (C=O) groups excluding carboxylic acids is 2. The monoisotopic (exact) mass is 509 g/mol. The van der Waals surface area contributed by atoms with Crippen molar-refractivity contribution in [2.24, 2.45) is 7.05 Å². The van der Waals surface area contributed by atoms with Gasteiger partial charge >= 0.3 is 6.09 Å². The first kappa shape index (κ1) is 26.2. The first-order valence-electron chi connectivity index (χ1n) is 12.4. The normalized spacial score (nSPS) is 15.5. The van der Waals surface area contributed by atoms with Gasteiger partial charge in [0, 0.05) is 44.3 Å². The molecule has 1 saturated heterocycles. The van der Waals surface area contributed by atoms with Crippen LogP contribution in [0.15, 0.2) is 30.7 Å². The zero-order chi connectivity index (χ0) is 27.0. The topological polar surface area (TPSA) is 115 Å². The maximum Gasteiger partial charge on any atom is 0.410 e. The number of fused-ring (bicyclic) bond motifs is 1. The van der Waals surface area contributed by atoms with E-state index in [4.69, 9.17) is 9.47 Å². The van der Waals surface area contributed by atoms with Crippen molar-refractivity contribution in [1.29, 1.82) is 0 Å². The number of nitrogens with zero attached hydrogens (tertiary/aromatic N) is 6. The van der Waals surface area contributed by atoms with Gasteiger partial charge in [-0.3, -0.25) is 14.4 Å². The van der Waals surface area contributed by atoms with Gasteiger partial charge in [-0.1, -0.05) is 0 Å². The number of piperazine rings is 1. The predicted octanol–water partition coefficient (Wildman–Crippen LogP) is 3.85. The van der Waals surface area contributed by atoms with Crippen molar-refractivity contribution in [1.82, 2.24) is 24.6 Å². The summed E-state index contributed by atoms with van der Waals surface area (Å²) in [4.78, 5) is 38.5. The molecule has 11 heteroatoms. The molecule has 198 valence electrons. The highest BCUT2D eigenvalue weighted by Crippen LogP contribution is 2.28. The second-order valence-electron chi connectivity index (χ2n) is 10.7. The van der Waals surface area contributed by atoms with Crippen molar-refractivity contribution < 1.29 is 19.1 Å². The fraction of sp³-hybridized carbons (Fsp3) is 0.500. The highest BCUT2D eigenvalue weighted by molar-refractivity contribution is 6.08. The Kier molecular flexibility index (Phi) is 6.98. The van der Waals surface area contributed by atoms with Crippen LogP contribution in [0.25, 0.3) is 10.9 Å². The summed E-state index contributed by atoms with van der Waals surface area (Å²) in [5.74, 6) is 1.11. The molecule has 0 radical (unpaired) electrons. The molecule has 0 atom stereocenters. The van der Waals surface area contributed by atoms with Gasteiger partial charge in [0.15, 0.2) is 5.82 Å². The van der Waals surface area contributed by atoms with Crippen LogP contribution >= 0.6 is 0 Å². The van der Waals surface area contributed by atoms with Gasteiger partial charge in [0.25, 0.3) is 5.91 Å². The lowest BCUT2D eigenvalue weighted by Gasteiger charge is -2.47. The van der Waals surface area contributed by atoms with Gasteiger partial charge in [-0.25, -0.2) is 14.8 Å². The van der Waals surface area contributed by atoms with Gasteiger partial charge < -0.3 is 19.7 Å². The first-order valence-corrected chi connectivity index (χ1v) is 12.4. The minimum Gasteiger partial charge on any atom is -0.493 e. The number of ether oxygens (including phenoxy) is 2. The molecule has 4 rings (SSSR count). The van der Waals surface area contributed by atoms with Crippen LogP contribution in [-0.2, 0) is 11.8 Å². The van der Waals surface area contributed by atoms with Crippen LogP contribution in [0.5, 0.6) is 5.75 Å². The zero-order valence-electron chi connectivity index (χ0n) is 22.5. The van der Waals surface area contributed by atoms with Crippen LogP contribution in [0.3, 0.4) is 0 Å². The molecule has 3 aromatic rings. The zero-order valence-corrected chi connectivity index (χ0v) is 22.5. The van der Waals surface area contributed by atoms with Crippen molar-refractivity contribution in [3.05, 3.63) is 36.3 Å². The molecule has 0 spiro atoms. The number of benzene rings is 1. The lowest BCUT2D eigenvalue weighted by Crippen LogP contribution is -2.62. The quantitative estimate of drug-likeness (QED) is 0.552. The van der Waals surface area contributed by atoms with Gasteiger partial charge in [0.05, 0.1) is 35.6 Å². The summed E-state index contributed by atoms with van der Waals surface area (Å²) in [6.07, 6.45) is 4.68. The molecule has 11 nitrogen and oxygen atoms in total. The molecule has 0 bridgehead atoms. The lowest BCUT2D eigenvalue weighted by atomic mass is 9.99. The van der Waals surface area contributed by atoms with Crippen LogP contribution < -0.4 is 15.0 Å². The predicted molar refractivity (Wildman–Crippen MR) is 141 cm³/mol. The van der Waals surface area contributed by atoms with Crippen LogP contribution in [-0.4, -0.2) is 74.0 Å². The van der Waals surface area contributed by atoms with E-state index in [1.54, 1.807) is 27.9 Å². The van der Waals surface area contributed by atoms with Crippen molar-refractivity contribution >= 4 is 34.5 Å². The Morgan fingerprint density at radius 3 is 2.51 bits per heavy atom. The van der Waals surface area contributed by atoms with E-state index in [9.17, 15) is 9.59 Å². The number of amides is 2. The van der Waals surface area contributed by atoms with Crippen molar-refractivity contribution in [3.8, 4) is 5.75 Å². The standard InChI is InChI=1S/C26H35N7O4/c1-8-36-20-12-19-17(15-31(7)30-19)11-18(20)23(34)29-21-13-28-22(14-27-21)32-9-10-33(26(5,6)16-32)24(35)37-25(2,3)4/h11-15H,8-10,16H2,1-7H3,(H,27,29,34). The van der Waals surface area contributed by atoms with Crippen LogP contribution in [0.2, 0.25) is 0 Å². The largest absolute Gasteiger partial charge is 0.493 e. The molecule has 1 aliphatic rings. The Labute approximate surface area is 216 Å². The summed E-state index contributed by atoms with van der Waals surface area (Å²) in [5, 5.41) is 8.03. The Balaban J connectivity index is 1.45. The van der Waals surface area contributed by atoms with Crippen molar-refractivity contribution in [3.63, 3.8) is 0 Å². The Morgan fingerprint density at radius 2 is 1.89 bits per heavy atom. The SMILES string of the molecule is CCOc1cc2nn(C)cc2cc1C(=O)Nc1cnc(N2CCN(C(=O)OC(C)(C)C)C(C)(C)C2)cn1. The number of aryl methyl sites for hydroxylation is 1. The summed E-state index contributed by atoms with van der Waals surface area (Å²) >= 11 is 0. The van der Waals surface area contributed by atoms with Gasteiger partial charge in [-0.15, -0.1) is 0 Å². The van der Waals surface area contributed by atoms with E-state index in [1.165, 1.54) is 6.20 Å². The third-order valence-electron chi connectivity index (χ3n) is 5.98. The Morgan fingerprint density at radius 1 is 1.14 bits per heavy atom. The van der Waals surface area contributed by atoms with Crippen molar-refractivity contribution in [2.45, 2.75) is 52.7 Å². The summed E-state index contributed by atoms with van der Waals surface area (Å²) < 4.78 is 13.0. The molecule has 37 heavy (non-hydrogen) atoms. The summed E-state index contributed by atoms with van der Waals surface area (Å²) in [6, 6.07) is 3.53. The number of carbonyl (C=O) groups is 2. The first-order chi connectivity index (χ1) is 17.4. The smallest absolute Gasteiger partial charge is 0.410 e. The minimum atomic E-state index is -0.552. The van der Waals surface area contributed by atoms with Crippen LogP contribution in [0.1, 0.15) is 51.9 Å². The highest BCUT2D eigenvalue weighted by atomic mass is 16.6. The molecule has 0 aliphatic carbocycles. The van der Waals surface area contributed by atoms with E-state index >= 15 is 0 Å². The molecule has 1 N–H and O–H groups in total. The third-order valence-corrected chi connectivity index (χ3v) is 5.98. The fourth-order valence-electron chi connectivity index (χ4n) is 4.37. The minimum absolute atomic E-state index is 0.322. The summed E-state index contributed by atoms with van der Waals surface area (Å²) in [7, 11) is 1.83. The van der Waals surface area contributed by atoms with Crippen LogP contribution in [0, 0.1) is 0 Å². The van der Waals surface area contributed by atoms with Crippen LogP contribution in [0.4, 0.5) is 16.4 Å². The van der Waals surface area contributed by atoms with Gasteiger partial charge in [-0.2, -0.15) is 5.10 Å². The number of hydrogen-bond acceptors (Lipinski definition) is 8. The molecule has 1 fully saturated rings. The summed E-state index contributed by atoms with van der Waals surface area (Å²) in [6.45, 7) is 13.5. The molecule has 1 aliphatic heterocycles. The van der Waals surface area contributed by atoms with E-state index < -0.39 is 11.1 Å². The third kappa shape index (κ3) is 5.92. The summed E-state index contributed by atoms with van der Waals surface area (Å²) in [5.41, 5.74) is 0.133. The van der Waals surface area contributed by atoms with E-state index in [1.807, 2.05) is 54.8 Å². The number of aromatic nitrogens is 4. The van der Waals surface area contributed by atoms with Gasteiger partial charge in [0.2, 0.25) is 0 Å². The lowest BCUT2D eigenvalue weighted by molar-refractivity contribution is 0.000299. The maximum absolute atomic E-state index is 13.1.